The van der Waals surface area contributed by atoms with Crippen molar-refractivity contribution in [3.05, 3.63) is 41.2 Å². The number of hydrogen-bond acceptors (Lipinski definition) is 5. The number of nitrogens with zero attached hydrogens (tertiary/aromatic N) is 1. The molecule has 0 aromatic heterocycles. The van der Waals surface area contributed by atoms with Gasteiger partial charge in [0.05, 0.1) is 17.8 Å². The van der Waals surface area contributed by atoms with E-state index in [1.54, 1.807) is 11.9 Å². The highest BCUT2D eigenvalue weighted by molar-refractivity contribution is 5.91. The third-order valence-corrected chi connectivity index (χ3v) is 6.19. The van der Waals surface area contributed by atoms with Gasteiger partial charge in [0.25, 0.3) is 0 Å². The maximum absolute atomic E-state index is 13.1. The van der Waals surface area contributed by atoms with Crippen LogP contribution in [0, 0.1) is 5.41 Å². The van der Waals surface area contributed by atoms with Crippen LogP contribution in [0.25, 0.3) is 5.70 Å². The molecule has 7 nitrogen and oxygen atoms in total. The second-order valence-electron chi connectivity index (χ2n) is 9.53. The molecule has 170 valence electrons. The van der Waals surface area contributed by atoms with Crippen LogP contribution in [0.3, 0.4) is 0 Å². The van der Waals surface area contributed by atoms with E-state index in [0.29, 0.717) is 19.7 Å². The molecule has 3 N–H and O–H groups in total. The molecule has 1 fully saturated rings. The van der Waals surface area contributed by atoms with Gasteiger partial charge in [-0.15, -0.1) is 0 Å². The lowest BCUT2D eigenvalue weighted by molar-refractivity contribution is -0.142. The van der Waals surface area contributed by atoms with E-state index in [1.165, 1.54) is 0 Å². The molecule has 1 aromatic rings. The molecule has 2 aliphatic rings. The monoisotopic (exact) mass is 428 g/mol. The molecule has 2 heterocycles. The van der Waals surface area contributed by atoms with Crippen LogP contribution in [-0.2, 0) is 14.3 Å². The Bertz CT molecular complexity index is 841. The van der Waals surface area contributed by atoms with E-state index in [9.17, 15) is 9.59 Å². The molecule has 0 saturated carbocycles. The number of ether oxygens (including phenoxy) is 1. The smallest absolute Gasteiger partial charge is 0.243 e. The summed E-state index contributed by atoms with van der Waals surface area (Å²) in [6.07, 6.45) is 1.54. The van der Waals surface area contributed by atoms with Crippen molar-refractivity contribution in [3.8, 4) is 0 Å². The number of hydrogen-bond donors (Lipinski definition) is 3. The predicted octanol–water partition coefficient (Wildman–Crippen LogP) is 2.75. The van der Waals surface area contributed by atoms with Gasteiger partial charge in [0, 0.05) is 12.1 Å². The van der Waals surface area contributed by atoms with Gasteiger partial charge < -0.3 is 25.6 Å². The fourth-order valence-corrected chi connectivity index (χ4v) is 4.45. The summed E-state index contributed by atoms with van der Waals surface area (Å²) in [5.74, 6) is 0.797. The number of carbonyl (C=O) groups is 2. The first-order chi connectivity index (χ1) is 14.6. The average molecular weight is 429 g/mol. The van der Waals surface area contributed by atoms with Crippen LogP contribution < -0.4 is 16.0 Å². The van der Waals surface area contributed by atoms with Crippen molar-refractivity contribution in [2.45, 2.75) is 65.6 Å². The van der Waals surface area contributed by atoms with Crippen LogP contribution in [0.15, 0.2) is 30.0 Å². The number of carbonyl (C=O) groups excluding carboxylic acids is 2. The van der Waals surface area contributed by atoms with E-state index in [-0.39, 0.29) is 29.3 Å². The van der Waals surface area contributed by atoms with Gasteiger partial charge in [0.2, 0.25) is 11.8 Å². The largest absolute Gasteiger partial charge is 0.476 e. The quantitative estimate of drug-likeness (QED) is 0.649. The summed E-state index contributed by atoms with van der Waals surface area (Å²) in [5.41, 5.74) is 2.86. The van der Waals surface area contributed by atoms with Gasteiger partial charge >= 0.3 is 0 Å². The fraction of sp³-hybridized carbons (Fsp3) is 0.583. The summed E-state index contributed by atoms with van der Waals surface area (Å²) in [4.78, 5) is 28.0. The van der Waals surface area contributed by atoms with E-state index < -0.39 is 6.04 Å². The zero-order chi connectivity index (χ0) is 22.8. The van der Waals surface area contributed by atoms with Crippen molar-refractivity contribution < 1.29 is 14.3 Å². The zero-order valence-corrected chi connectivity index (χ0v) is 19.5. The topological polar surface area (TPSA) is 82.7 Å². The molecular weight excluding hydrogens is 392 g/mol. The van der Waals surface area contributed by atoms with Gasteiger partial charge in [-0.3, -0.25) is 9.59 Å². The first-order valence-electron chi connectivity index (χ1n) is 11.1. The number of allylic oxidation sites excluding steroid dienone is 1. The number of likely N-dealkylation sites (N-methyl/N-ethyl adjacent to an activating group) is 1. The molecule has 3 atom stereocenters. The van der Waals surface area contributed by atoms with Gasteiger partial charge in [-0.05, 0) is 44.7 Å². The molecule has 0 bridgehead atoms. The van der Waals surface area contributed by atoms with Crippen LogP contribution in [0.1, 0.15) is 64.6 Å². The summed E-state index contributed by atoms with van der Waals surface area (Å²) < 4.78 is 5.46. The van der Waals surface area contributed by atoms with Crippen LogP contribution in [-0.4, -0.2) is 49.1 Å². The van der Waals surface area contributed by atoms with Crippen LogP contribution in [0.5, 0.6) is 0 Å². The molecule has 3 rings (SSSR count). The molecule has 31 heavy (non-hydrogen) atoms. The number of likely N-dealkylation sites (tertiary alicyclic amines) is 1. The lowest BCUT2D eigenvalue weighted by Gasteiger charge is -2.35. The Balaban J connectivity index is 1.66. The van der Waals surface area contributed by atoms with E-state index in [4.69, 9.17) is 4.74 Å². The minimum absolute atomic E-state index is 0.000386. The Morgan fingerprint density at radius 1 is 1.23 bits per heavy atom. The van der Waals surface area contributed by atoms with Crippen molar-refractivity contribution in [1.82, 2.24) is 20.9 Å². The maximum Gasteiger partial charge on any atom is 0.243 e. The molecule has 0 radical (unpaired) electrons. The second-order valence-corrected chi connectivity index (χ2v) is 9.53. The maximum atomic E-state index is 13.1. The molecule has 1 aromatic carbocycles. The van der Waals surface area contributed by atoms with Crippen molar-refractivity contribution in [3.63, 3.8) is 0 Å². The highest BCUT2D eigenvalue weighted by Crippen LogP contribution is 2.27. The first-order valence-corrected chi connectivity index (χ1v) is 11.1. The van der Waals surface area contributed by atoms with E-state index in [0.717, 1.165) is 29.0 Å². The molecule has 0 spiro atoms. The molecule has 3 unspecified atom stereocenters. The molecular formula is C24H36N4O3. The normalized spacial score (nSPS) is 20.8. The highest BCUT2D eigenvalue weighted by atomic mass is 16.5. The standard InChI is InChI=1S/C24H36N4O3/c1-15(17-9-11-18(12-10-17)20-16(2)31-14-26-20)27-22(29)19-8-7-13-28(19)23(30)21(25-6)24(3,4)5/h9-12,15,19,21,25-26H,7-8,13-14H2,1-6H3,(H,27,29). The number of benzene rings is 1. The molecule has 7 heteroatoms. The minimum Gasteiger partial charge on any atom is -0.476 e. The summed E-state index contributed by atoms with van der Waals surface area (Å²) in [6.45, 7) is 11.1. The van der Waals surface area contributed by atoms with Gasteiger partial charge in [-0.25, -0.2) is 0 Å². The Labute approximate surface area is 185 Å². The fourth-order valence-electron chi connectivity index (χ4n) is 4.45. The summed E-state index contributed by atoms with van der Waals surface area (Å²) in [6, 6.07) is 7.22. The number of amides is 2. The Hall–Kier alpha value is -2.54. The lowest BCUT2D eigenvalue weighted by Crippen LogP contribution is -2.55. The van der Waals surface area contributed by atoms with Crippen LogP contribution >= 0.6 is 0 Å². The second kappa shape index (κ2) is 9.30. The van der Waals surface area contributed by atoms with Gasteiger partial charge in [-0.2, -0.15) is 0 Å². The van der Waals surface area contributed by atoms with Gasteiger partial charge in [0.1, 0.15) is 11.8 Å². The van der Waals surface area contributed by atoms with E-state index >= 15 is 0 Å². The van der Waals surface area contributed by atoms with Crippen molar-refractivity contribution in [2.75, 3.05) is 20.3 Å². The van der Waals surface area contributed by atoms with E-state index in [2.05, 4.69) is 16.0 Å². The van der Waals surface area contributed by atoms with Crippen LogP contribution in [0.4, 0.5) is 0 Å². The number of nitrogens with one attached hydrogen (secondary N) is 3. The highest BCUT2D eigenvalue weighted by Gasteiger charge is 2.40. The molecule has 1 saturated heterocycles. The summed E-state index contributed by atoms with van der Waals surface area (Å²) >= 11 is 0. The van der Waals surface area contributed by atoms with E-state index in [1.807, 2.05) is 58.9 Å². The lowest BCUT2D eigenvalue weighted by atomic mass is 9.86. The van der Waals surface area contributed by atoms with Crippen LogP contribution in [0.2, 0.25) is 0 Å². The first kappa shape index (κ1) is 23.1. The van der Waals surface area contributed by atoms with Gasteiger partial charge in [-0.1, -0.05) is 45.0 Å². The van der Waals surface area contributed by atoms with Gasteiger partial charge in [0.15, 0.2) is 6.73 Å². The Morgan fingerprint density at radius 3 is 2.45 bits per heavy atom. The number of rotatable bonds is 6. The minimum atomic E-state index is -0.417. The summed E-state index contributed by atoms with van der Waals surface area (Å²) in [5, 5.41) is 9.47. The molecule has 0 aliphatic carbocycles. The zero-order valence-electron chi connectivity index (χ0n) is 19.5. The van der Waals surface area contributed by atoms with Crippen molar-refractivity contribution >= 4 is 17.5 Å². The molecule has 2 amide bonds. The predicted molar refractivity (Wildman–Crippen MR) is 122 cm³/mol. The van der Waals surface area contributed by atoms with Crippen molar-refractivity contribution in [1.29, 1.82) is 0 Å². The average Bonchev–Trinajstić information content (AvgIpc) is 3.36. The Morgan fingerprint density at radius 2 is 1.90 bits per heavy atom. The SMILES string of the molecule is CNC(C(=O)N1CCCC1C(=O)NC(C)c1ccc(C2=C(C)OCN2)cc1)C(C)(C)C. The summed E-state index contributed by atoms with van der Waals surface area (Å²) in [7, 11) is 1.80. The Kier molecular flexibility index (Phi) is 6.94. The molecule has 2 aliphatic heterocycles. The third kappa shape index (κ3) is 5.03. The van der Waals surface area contributed by atoms with Crippen molar-refractivity contribution in [2.24, 2.45) is 5.41 Å². The third-order valence-electron chi connectivity index (χ3n) is 6.19.